The van der Waals surface area contributed by atoms with Gasteiger partial charge in [-0.2, -0.15) is 0 Å². The molecule has 168 valence electrons. The minimum absolute atomic E-state index is 0.104. The van der Waals surface area contributed by atoms with Crippen LogP contribution in [0.4, 0.5) is 0 Å². The molecule has 1 N–H and O–H groups in total. The zero-order chi connectivity index (χ0) is 22.8. The van der Waals surface area contributed by atoms with Gasteiger partial charge in [0.05, 0.1) is 0 Å². The molecule has 0 saturated carbocycles. The lowest BCUT2D eigenvalue weighted by Gasteiger charge is -2.31. The molecule has 31 heavy (non-hydrogen) atoms. The number of carbonyl (C=O) groups is 2. The molecule has 0 aliphatic heterocycles. The summed E-state index contributed by atoms with van der Waals surface area (Å²) in [6.07, 6.45) is 1.39. The van der Waals surface area contributed by atoms with E-state index in [0.29, 0.717) is 25.3 Å². The number of benzene rings is 2. The number of ether oxygens (including phenoxy) is 1. The van der Waals surface area contributed by atoms with E-state index in [1.807, 2.05) is 69.3 Å². The van der Waals surface area contributed by atoms with E-state index in [0.717, 1.165) is 23.1 Å². The summed E-state index contributed by atoms with van der Waals surface area (Å²) >= 11 is 0. The Kier molecular flexibility index (Phi) is 9.57. The highest BCUT2D eigenvalue weighted by atomic mass is 16.5. The zero-order valence-corrected chi connectivity index (χ0v) is 19.5. The van der Waals surface area contributed by atoms with Crippen molar-refractivity contribution in [3.63, 3.8) is 0 Å². The molecule has 2 amide bonds. The predicted octanol–water partition coefficient (Wildman–Crippen LogP) is 4.83. The van der Waals surface area contributed by atoms with Gasteiger partial charge in [0.25, 0.3) is 5.91 Å². The Labute approximate surface area is 186 Å². The van der Waals surface area contributed by atoms with Crippen LogP contribution in [0.2, 0.25) is 0 Å². The number of amides is 2. The molecule has 0 bridgehead atoms. The first kappa shape index (κ1) is 24.4. The molecule has 1 unspecified atom stereocenters. The third-order valence-corrected chi connectivity index (χ3v) is 5.43. The fraction of sp³-hybridized carbons (Fsp3) is 0.462. The lowest BCUT2D eigenvalue weighted by Crippen LogP contribution is -2.50. The Bertz CT molecular complexity index is 863. The smallest absolute Gasteiger partial charge is 0.261 e. The predicted molar refractivity (Wildman–Crippen MR) is 125 cm³/mol. The van der Waals surface area contributed by atoms with E-state index in [1.54, 1.807) is 4.90 Å². The molecular formula is C26H36N2O3. The number of aryl methyl sites for hydroxylation is 1. The summed E-state index contributed by atoms with van der Waals surface area (Å²) in [5.41, 5.74) is 3.18. The molecule has 0 radical (unpaired) electrons. The van der Waals surface area contributed by atoms with E-state index in [4.69, 9.17) is 4.74 Å². The summed E-state index contributed by atoms with van der Waals surface area (Å²) in [6.45, 7) is 11.0. The Morgan fingerprint density at radius 3 is 2.35 bits per heavy atom. The maximum absolute atomic E-state index is 13.3. The van der Waals surface area contributed by atoms with Gasteiger partial charge >= 0.3 is 0 Å². The van der Waals surface area contributed by atoms with Crippen molar-refractivity contribution < 1.29 is 14.3 Å². The number of nitrogens with zero attached hydrogens (tertiary/aromatic N) is 1. The maximum Gasteiger partial charge on any atom is 0.261 e. The van der Waals surface area contributed by atoms with E-state index < -0.39 is 6.04 Å². The first-order valence-corrected chi connectivity index (χ1v) is 11.2. The van der Waals surface area contributed by atoms with Crippen molar-refractivity contribution in [3.05, 3.63) is 65.2 Å². The van der Waals surface area contributed by atoms with Crippen molar-refractivity contribution in [1.29, 1.82) is 0 Å². The molecule has 0 aliphatic rings. The second kappa shape index (κ2) is 12.1. The topological polar surface area (TPSA) is 58.6 Å². The standard InChI is InChI=1S/C26H36N2O3/c1-6-16-27-26(30)23(7-2)28(17-21-13-9-8-12-20(21)5)25(29)18-31-24-15-11-10-14-22(24)19(3)4/h8-15,19,23H,6-7,16-18H2,1-5H3,(H,27,30). The van der Waals surface area contributed by atoms with E-state index in [2.05, 4.69) is 19.2 Å². The third kappa shape index (κ3) is 6.84. The molecular weight excluding hydrogens is 388 g/mol. The van der Waals surface area contributed by atoms with Crippen molar-refractivity contribution >= 4 is 11.8 Å². The van der Waals surface area contributed by atoms with Gasteiger partial charge < -0.3 is 15.0 Å². The highest BCUT2D eigenvalue weighted by molar-refractivity contribution is 5.88. The normalized spacial score (nSPS) is 11.8. The Morgan fingerprint density at radius 1 is 1.03 bits per heavy atom. The minimum atomic E-state index is -0.539. The minimum Gasteiger partial charge on any atom is -0.483 e. The van der Waals surface area contributed by atoms with E-state index >= 15 is 0 Å². The molecule has 2 aromatic rings. The van der Waals surface area contributed by atoms with Gasteiger partial charge in [-0.15, -0.1) is 0 Å². The highest BCUT2D eigenvalue weighted by Crippen LogP contribution is 2.26. The Hall–Kier alpha value is -2.82. The van der Waals surface area contributed by atoms with Gasteiger partial charge in [-0.25, -0.2) is 0 Å². The van der Waals surface area contributed by atoms with Crippen LogP contribution in [0, 0.1) is 6.92 Å². The van der Waals surface area contributed by atoms with Crippen molar-refractivity contribution in [2.24, 2.45) is 0 Å². The van der Waals surface area contributed by atoms with Gasteiger partial charge in [0.1, 0.15) is 11.8 Å². The van der Waals surface area contributed by atoms with Gasteiger partial charge in [-0.1, -0.05) is 70.2 Å². The van der Waals surface area contributed by atoms with Crippen LogP contribution in [-0.2, 0) is 16.1 Å². The molecule has 0 aliphatic carbocycles. The Balaban J connectivity index is 2.25. The number of nitrogens with one attached hydrogen (secondary N) is 1. The highest BCUT2D eigenvalue weighted by Gasteiger charge is 2.29. The largest absolute Gasteiger partial charge is 0.483 e. The van der Waals surface area contributed by atoms with Gasteiger partial charge in [-0.05, 0) is 48.4 Å². The van der Waals surface area contributed by atoms with E-state index in [1.165, 1.54) is 0 Å². The lowest BCUT2D eigenvalue weighted by molar-refractivity contribution is -0.143. The summed E-state index contributed by atoms with van der Waals surface area (Å²) < 4.78 is 5.94. The summed E-state index contributed by atoms with van der Waals surface area (Å²) in [5.74, 6) is 0.692. The first-order valence-electron chi connectivity index (χ1n) is 11.2. The summed E-state index contributed by atoms with van der Waals surface area (Å²) in [4.78, 5) is 27.8. The molecule has 0 fully saturated rings. The maximum atomic E-state index is 13.3. The second-order valence-corrected chi connectivity index (χ2v) is 8.14. The molecule has 5 nitrogen and oxygen atoms in total. The monoisotopic (exact) mass is 424 g/mol. The van der Waals surface area contributed by atoms with Crippen molar-refractivity contribution in [1.82, 2.24) is 10.2 Å². The zero-order valence-electron chi connectivity index (χ0n) is 19.5. The number of hydrogen-bond donors (Lipinski definition) is 1. The van der Waals surface area contributed by atoms with Gasteiger partial charge in [-0.3, -0.25) is 9.59 Å². The lowest BCUT2D eigenvalue weighted by atomic mass is 10.0. The van der Waals surface area contributed by atoms with Crippen LogP contribution in [0.3, 0.4) is 0 Å². The molecule has 5 heteroatoms. The molecule has 0 saturated heterocycles. The van der Waals surface area contributed by atoms with E-state index in [-0.39, 0.29) is 24.3 Å². The van der Waals surface area contributed by atoms with Crippen LogP contribution in [0.1, 0.15) is 63.1 Å². The fourth-order valence-corrected chi connectivity index (χ4v) is 3.57. The van der Waals surface area contributed by atoms with Crippen LogP contribution in [-0.4, -0.2) is 35.9 Å². The molecule has 1 atom stereocenters. The SMILES string of the molecule is CCCNC(=O)C(CC)N(Cc1ccccc1C)C(=O)COc1ccccc1C(C)C. The van der Waals surface area contributed by atoms with Gasteiger partial charge in [0.15, 0.2) is 6.61 Å². The number of carbonyl (C=O) groups excluding carboxylic acids is 2. The first-order chi connectivity index (χ1) is 14.9. The average Bonchev–Trinajstić information content (AvgIpc) is 2.77. The summed E-state index contributed by atoms with van der Waals surface area (Å²) in [5, 5.41) is 2.94. The molecule has 2 aromatic carbocycles. The van der Waals surface area contributed by atoms with Crippen LogP contribution in [0.25, 0.3) is 0 Å². The number of rotatable bonds is 11. The van der Waals surface area contributed by atoms with E-state index in [9.17, 15) is 9.59 Å². The molecule has 0 aromatic heterocycles. The van der Waals surface area contributed by atoms with Crippen molar-refractivity contribution in [2.45, 2.75) is 66.0 Å². The Morgan fingerprint density at radius 2 is 1.71 bits per heavy atom. The van der Waals surface area contributed by atoms with Crippen LogP contribution in [0.15, 0.2) is 48.5 Å². The molecule has 0 spiro atoms. The molecule has 2 rings (SSSR count). The van der Waals surface area contributed by atoms with Gasteiger partial charge in [0, 0.05) is 13.1 Å². The second-order valence-electron chi connectivity index (χ2n) is 8.14. The fourth-order valence-electron chi connectivity index (χ4n) is 3.57. The van der Waals surface area contributed by atoms with Crippen LogP contribution >= 0.6 is 0 Å². The van der Waals surface area contributed by atoms with Gasteiger partial charge in [0.2, 0.25) is 5.91 Å². The van der Waals surface area contributed by atoms with Crippen molar-refractivity contribution in [2.75, 3.05) is 13.2 Å². The number of hydrogen-bond acceptors (Lipinski definition) is 3. The number of para-hydroxylation sites is 1. The van der Waals surface area contributed by atoms with Crippen LogP contribution < -0.4 is 10.1 Å². The average molecular weight is 425 g/mol. The molecule has 0 heterocycles. The summed E-state index contributed by atoms with van der Waals surface area (Å²) in [7, 11) is 0. The van der Waals surface area contributed by atoms with Crippen LogP contribution in [0.5, 0.6) is 5.75 Å². The van der Waals surface area contributed by atoms with Crippen molar-refractivity contribution in [3.8, 4) is 5.75 Å². The summed E-state index contributed by atoms with van der Waals surface area (Å²) in [6, 6.07) is 15.2. The third-order valence-electron chi connectivity index (χ3n) is 5.43. The quantitative estimate of drug-likeness (QED) is 0.562.